The number of esters is 1. The number of Topliss-reactive ketones (excluding diaryl/α,β-unsaturated/α-hetero) is 1. The second kappa shape index (κ2) is 8.04. The van der Waals surface area contributed by atoms with E-state index in [0.717, 1.165) is 0 Å². The number of hydrogen-bond donors (Lipinski definition) is 0. The van der Waals surface area contributed by atoms with Crippen LogP contribution < -0.4 is 23.7 Å². The first-order chi connectivity index (χ1) is 13.5. The van der Waals surface area contributed by atoms with Gasteiger partial charge in [-0.1, -0.05) is 6.92 Å². The molecule has 7 heteroatoms. The summed E-state index contributed by atoms with van der Waals surface area (Å²) in [6.45, 7) is 1.70. The van der Waals surface area contributed by atoms with Crippen LogP contribution in [0.25, 0.3) is 6.08 Å². The highest BCUT2D eigenvalue weighted by Gasteiger charge is 2.28. The molecule has 1 heterocycles. The average molecular weight is 384 g/mol. The number of ether oxygens (including phenoxy) is 5. The molecular weight excluding hydrogens is 364 g/mol. The molecule has 0 spiro atoms. The normalized spacial score (nSPS) is 13.7. The number of benzene rings is 2. The molecule has 0 aromatic heterocycles. The molecule has 0 radical (unpaired) electrons. The molecule has 7 nitrogen and oxygen atoms in total. The zero-order chi connectivity index (χ0) is 20.3. The maximum Gasteiger partial charge on any atom is 0.310 e. The fraction of sp³-hybridized carbons (Fsp3) is 0.238. The third kappa shape index (κ3) is 3.64. The predicted molar refractivity (Wildman–Crippen MR) is 101 cm³/mol. The smallest absolute Gasteiger partial charge is 0.310 e. The summed E-state index contributed by atoms with van der Waals surface area (Å²) < 4.78 is 26.8. The molecule has 146 valence electrons. The van der Waals surface area contributed by atoms with Gasteiger partial charge in [-0.25, -0.2) is 0 Å². The third-order valence-corrected chi connectivity index (χ3v) is 4.15. The van der Waals surface area contributed by atoms with Crippen LogP contribution in [0.3, 0.4) is 0 Å². The lowest BCUT2D eigenvalue weighted by Crippen LogP contribution is -2.05. The SMILES string of the molecule is CCC(=O)Oc1ccc2c(c1)OC(=Cc1cc(OC)c(OC)c(OC)c1)C2=O. The van der Waals surface area contributed by atoms with Crippen LogP contribution in [0.4, 0.5) is 0 Å². The number of carbonyl (C=O) groups is 2. The van der Waals surface area contributed by atoms with Crippen molar-refractivity contribution >= 4 is 17.8 Å². The number of methoxy groups -OCH3 is 3. The second-order valence-corrected chi connectivity index (χ2v) is 5.88. The Labute approximate surface area is 162 Å². The Morgan fingerprint density at radius 3 is 2.29 bits per heavy atom. The highest BCUT2D eigenvalue weighted by Crippen LogP contribution is 2.40. The standard InChI is InChI=1S/C21H20O7/c1-5-19(22)27-13-6-7-14-15(11-13)28-16(20(14)23)8-12-9-17(24-2)21(26-4)18(10-12)25-3/h6-11H,5H2,1-4H3. The molecule has 0 bridgehead atoms. The van der Waals surface area contributed by atoms with Gasteiger partial charge in [-0.15, -0.1) is 0 Å². The average Bonchev–Trinajstić information content (AvgIpc) is 3.01. The molecule has 28 heavy (non-hydrogen) atoms. The first-order valence-corrected chi connectivity index (χ1v) is 8.59. The van der Waals surface area contributed by atoms with Gasteiger partial charge >= 0.3 is 5.97 Å². The van der Waals surface area contributed by atoms with Gasteiger partial charge in [0.2, 0.25) is 11.5 Å². The van der Waals surface area contributed by atoms with Crippen LogP contribution in [-0.2, 0) is 4.79 Å². The molecule has 0 atom stereocenters. The van der Waals surface area contributed by atoms with E-state index in [2.05, 4.69) is 0 Å². The number of fused-ring (bicyclic) bond motifs is 1. The van der Waals surface area contributed by atoms with E-state index >= 15 is 0 Å². The van der Waals surface area contributed by atoms with Crippen molar-refractivity contribution in [1.29, 1.82) is 0 Å². The van der Waals surface area contributed by atoms with Gasteiger partial charge in [0.25, 0.3) is 0 Å². The van der Waals surface area contributed by atoms with Crippen LogP contribution >= 0.6 is 0 Å². The molecular formula is C21H20O7. The fourth-order valence-corrected chi connectivity index (χ4v) is 2.77. The Kier molecular flexibility index (Phi) is 5.54. The molecule has 1 aliphatic heterocycles. The monoisotopic (exact) mass is 384 g/mol. The second-order valence-electron chi connectivity index (χ2n) is 5.88. The van der Waals surface area contributed by atoms with E-state index in [1.807, 2.05) is 0 Å². The van der Waals surface area contributed by atoms with Crippen molar-refractivity contribution in [3.63, 3.8) is 0 Å². The predicted octanol–water partition coefficient (Wildman–Crippen LogP) is 3.64. The highest BCUT2D eigenvalue weighted by molar-refractivity contribution is 6.14. The van der Waals surface area contributed by atoms with Crippen LogP contribution in [0.1, 0.15) is 29.3 Å². The van der Waals surface area contributed by atoms with Gasteiger partial charge in [0.15, 0.2) is 17.3 Å². The topological polar surface area (TPSA) is 80.3 Å². The van der Waals surface area contributed by atoms with Crippen molar-refractivity contribution in [3.05, 3.63) is 47.2 Å². The Morgan fingerprint density at radius 2 is 1.71 bits per heavy atom. The van der Waals surface area contributed by atoms with Gasteiger partial charge in [0.05, 0.1) is 26.9 Å². The Hall–Kier alpha value is -3.48. The summed E-state index contributed by atoms with van der Waals surface area (Å²) in [5, 5.41) is 0. The number of allylic oxidation sites excluding steroid dienone is 1. The zero-order valence-corrected chi connectivity index (χ0v) is 16.0. The molecule has 0 N–H and O–H groups in total. The van der Waals surface area contributed by atoms with Crippen molar-refractivity contribution in [2.75, 3.05) is 21.3 Å². The highest BCUT2D eigenvalue weighted by atomic mass is 16.5. The molecule has 3 rings (SSSR count). The molecule has 0 saturated heterocycles. The van der Waals surface area contributed by atoms with E-state index < -0.39 is 0 Å². The summed E-state index contributed by atoms with van der Waals surface area (Å²) in [6.07, 6.45) is 1.84. The summed E-state index contributed by atoms with van der Waals surface area (Å²) in [7, 11) is 4.54. The minimum absolute atomic E-state index is 0.142. The minimum Gasteiger partial charge on any atom is -0.493 e. The van der Waals surface area contributed by atoms with Crippen molar-refractivity contribution in [2.24, 2.45) is 0 Å². The summed E-state index contributed by atoms with van der Waals surface area (Å²) in [6, 6.07) is 8.09. The van der Waals surface area contributed by atoms with E-state index in [1.54, 1.807) is 37.3 Å². The molecule has 0 saturated carbocycles. The van der Waals surface area contributed by atoms with Gasteiger partial charge in [0, 0.05) is 12.5 Å². The Balaban J connectivity index is 1.93. The molecule has 0 aliphatic carbocycles. The van der Waals surface area contributed by atoms with Crippen LogP contribution in [0.2, 0.25) is 0 Å². The molecule has 0 amide bonds. The van der Waals surface area contributed by atoms with Crippen LogP contribution in [0.15, 0.2) is 36.1 Å². The van der Waals surface area contributed by atoms with Crippen molar-refractivity contribution in [3.8, 4) is 28.7 Å². The summed E-state index contributed by atoms with van der Waals surface area (Å²) >= 11 is 0. The van der Waals surface area contributed by atoms with E-state index in [4.69, 9.17) is 23.7 Å². The fourth-order valence-electron chi connectivity index (χ4n) is 2.77. The maximum absolute atomic E-state index is 12.6. The zero-order valence-electron chi connectivity index (χ0n) is 16.0. The van der Waals surface area contributed by atoms with E-state index in [9.17, 15) is 9.59 Å². The summed E-state index contributed by atoms with van der Waals surface area (Å²) in [5.74, 6) is 1.56. The lowest BCUT2D eigenvalue weighted by molar-refractivity contribution is -0.134. The lowest BCUT2D eigenvalue weighted by Gasteiger charge is -2.13. The van der Waals surface area contributed by atoms with E-state index in [-0.39, 0.29) is 23.9 Å². The number of rotatable bonds is 6. The number of ketones is 1. The van der Waals surface area contributed by atoms with Gasteiger partial charge < -0.3 is 23.7 Å². The Morgan fingerprint density at radius 1 is 1.04 bits per heavy atom. The van der Waals surface area contributed by atoms with Crippen LogP contribution in [-0.4, -0.2) is 33.1 Å². The van der Waals surface area contributed by atoms with Crippen LogP contribution in [0.5, 0.6) is 28.7 Å². The van der Waals surface area contributed by atoms with Gasteiger partial charge in [0.1, 0.15) is 11.5 Å². The largest absolute Gasteiger partial charge is 0.493 e. The summed E-state index contributed by atoms with van der Waals surface area (Å²) in [5.41, 5.74) is 1.04. The first kappa shape index (κ1) is 19.3. The lowest BCUT2D eigenvalue weighted by atomic mass is 10.1. The van der Waals surface area contributed by atoms with Crippen molar-refractivity contribution < 1.29 is 33.3 Å². The van der Waals surface area contributed by atoms with Gasteiger partial charge in [-0.2, -0.15) is 0 Å². The maximum atomic E-state index is 12.6. The van der Waals surface area contributed by atoms with Gasteiger partial charge in [-0.05, 0) is 35.9 Å². The first-order valence-electron chi connectivity index (χ1n) is 8.59. The number of carbonyl (C=O) groups excluding carboxylic acids is 2. The van der Waals surface area contributed by atoms with Crippen molar-refractivity contribution in [2.45, 2.75) is 13.3 Å². The van der Waals surface area contributed by atoms with Crippen LogP contribution in [0, 0.1) is 0 Å². The summed E-state index contributed by atoms with van der Waals surface area (Å²) in [4.78, 5) is 24.1. The molecule has 0 unspecified atom stereocenters. The minimum atomic E-state index is -0.363. The molecule has 2 aromatic rings. The van der Waals surface area contributed by atoms with Crippen molar-refractivity contribution in [1.82, 2.24) is 0 Å². The Bertz CT molecular complexity index is 934. The van der Waals surface area contributed by atoms with E-state index in [1.165, 1.54) is 27.4 Å². The quantitative estimate of drug-likeness (QED) is 0.427. The molecule has 0 fully saturated rings. The number of hydrogen-bond acceptors (Lipinski definition) is 7. The third-order valence-electron chi connectivity index (χ3n) is 4.15. The molecule has 2 aromatic carbocycles. The van der Waals surface area contributed by atoms with Gasteiger partial charge in [-0.3, -0.25) is 9.59 Å². The molecule has 1 aliphatic rings. The van der Waals surface area contributed by atoms with E-state index in [0.29, 0.717) is 39.9 Å².